The van der Waals surface area contributed by atoms with Crippen LogP contribution in [0, 0.1) is 0 Å². The smallest absolute Gasteiger partial charge is 0.269 e. The number of hydrogen-bond acceptors (Lipinski definition) is 4. The van der Waals surface area contributed by atoms with E-state index in [2.05, 4.69) is 15.6 Å². The van der Waals surface area contributed by atoms with Gasteiger partial charge in [-0.3, -0.25) is 9.59 Å². The molecule has 0 radical (unpaired) electrons. The second kappa shape index (κ2) is 8.21. The van der Waals surface area contributed by atoms with Crippen LogP contribution in [0.2, 0.25) is 0 Å². The average molecular weight is 327 g/mol. The summed E-state index contributed by atoms with van der Waals surface area (Å²) in [6.45, 7) is 1.73. The van der Waals surface area contributed by atoms with E-state index < -0.39 is 6.10 Å². The summed E-state index contributed by atoms with van der Waals surface area (Å²) in [4.78, 5) is 28.5. The third kappa shape index (κ3) is 4.89. The molecule has 0 saturated carbocycles. The van der Waals surface area contributed by atoms with Crippen LogP contribution in [0.1, 0.15) is 39.0 Å². The van der Waals surface area contributed by atoms with Crippen LogP contribution in [0.3, 0.4) is 0 Å². The fraction of sp³-hybridized carbons (Fsp3) is 0.278. The molecule has 0 fully saturated rings. The summed E-state index contributed by atoms with van der Waals surface area (Å²) in [6, 6.07) is 12.8. The van der Waals surface area contributed by atoms with Gasteiger partial charge in [0.2, 0.25) is 0 Å². The molecule has 1 heterocycles. The van der Waals surface area contributed by atoms with Gasteiger partial charge in [-0.1, -0.05) is 30.3 Å². The number of carbonyl (C=O) groups excluding carboxylic acids is 2. The molecule has 0 bridgehead atoms. The minimum atomic E-state index is -0.641. The van der Waals surface area contributed by atoms with Crippen LogP contribution >= 0.6 is 0 Å². The summed E-state index contributed by atoms with van der Waals surface area (Å²) in [7, 11) is 1.51. The van der Waals surface area contributed by atoms with Gasteiger partial charge in [0.1, 0.15) is 5.69 Å². The molecule has 1 aromatic heterocycles. The molecule has 0 saturated heterocycles. The van der Waals surface area contributed by atoms with Crippen molar-refractivity contribution in [3.8, 4) is 0 Å². The molecular weight excluding hydrogens is 306 g/mol. The molecule has 0 aliphatic rings. The lowest BCUT2D eigenvalue weighted by Gasteiger charge is -2.10. The highest BCUT2D eigenvalue weighted by atomic mass is 16.3. The van der Waals surface area contributed by atoms with Crippen molar-refractivity contribution in [1.29, 1.82) is 0 Å². The lowest BCUT2D eigenvalue weighted by atomic mass is 10.1. The topological polar surface area (TPSA) is 91.3 Å². The Kier molecular flexibility index (Phi) is 6.03. The van der Waals surface area contributed by atoms with Gasteiger partial charge in [-0.25, -0.2) is 4.98 Å². The summed E-state index contributed by atoms with van der Waals surface area (Å²) < 4.78 is 0. The summed E-state index contributed by atoms with van der Waals surface area (Å²) in [5, 5.41) is 14.4. The first-order valence-electron chi connectivity index (χ1n) is 7.73. The lowest BCUT2D eigenvalue weighted by Crippen LogP contribution is -2.31. The van der Waals surface area contributed by atoms with Gasteiger partial charge in [-0.15, -0.1) is 0 Å². The summed E-state index contributed by atoms with van der Waals surface area (Å²) in [6.07, 6.45) is -0.125. The van der Waals surface area contributed by atoms with Gasteiger partial charge in [-0.2, -0.15) is 0 Å². The predicted octanol–water partition coefficient (Wildman–Crippen LogP) is 1.14. The Morgan fingerprint density at radius 2 is 1.88 bits per heavy atom. The summed E-state index contributed by atoms with van der Waals surface area (Å²) in [5.41, 5.74) is 2.20. The van der Waals surface area contributed by atoms with Gasteiger partial charge < -0.3 is 15.7 Å². The Morgan fingerprint density at radius 1 is 1.17 bits per heavy atom. The van der Waals surface area contributed by atoms with Gasteiger partial charge in [0.25, 0.3) is 11.8 Å². The number of benzene rings is 1. The first-order chi connectivity index (χ1) is 11.5. The van der Waals surface area contributed by atoms with Crippen LogP contribution in [-0.4, -0.2) is 41.6 Å². The van der Waals surface area contributed by atoms with E-state index in [1.54, 1.807) is 13.0 Å². The van der Waals surface area contributed by atoms with Crippen molar-refractivity contribution in [3.05, 3.63) is 65.0 Å². The van der Waals surface area contributed by atoms with Crippen molar-refractivity contribution in [3.63, 3.8) is 0 Å². The molecular formula is C18H21N3O3. The van der Waals surface area contributed by atoms with E-state index in [4.69, 9.17) is 0 Å². The number of hydrogen-bond donors (Lipinski definition) is 3. The average Bonchev–Trinajstić information content (AvgIpc) is 2.59. The summed E-state index contributed by atoms with van der Waals surface area (Å²) in [5.74, 6) is -0.702. The Bertz CT molecular complexity index is 715. The SMILES string of the molecule is CNC(=O)c1cc(C(=O)NCC(C)O)cc(Cc2ccccc2)n1. The molecule has 24 heavy (non-hydrogen) atoms. The van der Waals surface area contributed by atoms with Crippen molar-refractivity contribution in [2.45, 2.75) is 19.4 Å². The molecule has 0 spiro atoms. The molecule has 0 aliphatic carbocycles. The molecule has 1 atom stereocenters. The first-order valence-corrected chi connectivity index (χ1v) is 7.73. The number of nitrogens with one attached hydrogen (secondary N) is 2. The minimum absolute atomic E-state index is 0.143. The van der Waals surface area contributed by atoms with Gasteiger partial charge in [0, 0.05) is 31.3 Å². The molecule has 2 rings (SSSR count). The van der Waals surface area contributed by atoms with Crippen LogP contribution in [0.15, 0.2) is 42.5 Å². The van der Waals surface area contributed by atoms with Gasteiger partial charge in [0.15, 0.2) is 0 Å². The monoisotopic (exact) mass is 327 g/mol. The highest BCUT2D eigenvalue weighted by Crippen LogP contribution is 2.12. The Balaban J connectivity index is 2.30. The number of pyridine rings is 1. The van der Waals surface area contributed by atoms with E-state index in [1.165, 1.54) is 13.1 Å². The number of aliphatic hydroxyl groups is 1. The second-order valence-electron chi connectivity index (χ2n) is 5.53. The van der Waals surface area contributed by atoms with Gasteiger partial charge >= 0.3 is 0 Å². The van der Waals surface area contributed by atoms with Gasteiger partial charge in [0.05, 0.1) is 6.10 Å². The number of aliphatic hydroxyl groups excluding tert-OH is 1. The Morgan fingerprint density at radius 3 is 2.50 bits per heavy atom. The largest absolute Gasteiger partial charge is 0.392 e. The molecule has 6 heteroatoms. The molecule has 3 N–H and O–H groups in total. The van der Waals surface area contributed by atoms with E-state index in [-0.39, 0.29) is 24.1 Å². The quantitative estimate of drug-likeness (QED) is 0.742. The summed E-state index contributed by atoms with van der Waals surface area (Å²) >= 11 is 0. The van der Waals surface area contributed by atoms with E-state index >= 15 is 0 Å². The maximum absolute atomic E-state index is 12.2. The molecule has 6 nitrogen and oxygen atoms in total. The van der Waals surface area contributed by atoms with Crippen LogP contribution in [0.5, 0.6) is 0 Å². The normalized spacial score (nSPS) is 11.6. The van der Waals surface area contributed by atoms with Crippen molar-refractivity contribution in [2.24, 2.45) is 0 Å². The van der Waals surface area contributed by atoms with Crippen molar-refractivity contribution >= 4 is 11.8 Å². The van der Waals surface area contributed by atoms with Crippen LogP contribution in [-0.2, 0) is 6.42 Å². The van der Waals surface area contributed by atoms with E-state index in [0.29, 0.717) is 17.7 Å². The standard InChI is InChI=1S/C18H21N3O3/c1-12(22)11-20-17(23)14-9-15(8-13-6-4-3-5-7-13)21-16(10-14)18(24)19-2/h3-7,9-10,12,22H,8,11H2,1-2H3,(H,19,24)(H,20,23). The molecule has 0 aliphatic heterocycles. The first kappa shape index (κ1) is 17.6. The van der Waals surface area contributed by atoms with Crippen molar-refractivity contribution in [1.82, 2.24) is 15.6 Å². The van der Waals surface area contributed by atoms with E-state index in [0.717, 1.165) is 5.56 Å². The molecule has 1 unspecified atom stereocenters. The zero-order valence-electron chi connectivity index (χ0n) is 13.7. The number of rotatable bonds is 6. The van der Waals surface area contributed by atoms with Crippen LogP contribution < -0.4 is 10.6 Å². The Labute approximate surface area is 140 Å². The number of carbonyl (C=O) groups is 2. The molecule has 2 amide bonds. The maximum Gasteiger partial charge on any atom is 0.269 e. The highest BCUT2D eigenvalue weighted by Gasteiger charge is 2.14. The highest BCUT2D eigenvalue weighted by molar-refractivity contribution is 5.98. The van der Waals surface area contributed by atoms with E-state index in [1.807, 2.05) is 30.3 Å². The second-order valence-corrected chi connectivity index (χ2v) is 5.53. The van der Waals surface area contributed by atoms with Gasteiger partial charge in [-0.05, 0) is 24.6 Å². The predicted molar refractivity (Wildman–Crippen MR) is 90.9 cm³/mol. The third-order valence-electron chi connectivity index (χ3n) is 3.39. The van der Waals surface area contributed by atoms with Crippen LogP contribution in [0.4, 0.5) is 0 Å². The number of aromatic nitrogens is 1. The Hall–Kier alpha value is -2.73. The molecule has 126 valence electrons. The lowest BCUT2D eigenvalue weighted by molar-refractivity contribution is 0.0923. The zero-order valence-corrected chi connectivity index (χ0v) is 13.7. The minimum Gasteiger partial charge on any atom is -0.392 e. The number of nitrogens with zero attached hydrogens (tertiary/aromatic N) is 1. The third-order valence-corrected chi connectivity index (χ3v) is 3.39. The molecule has 1 aromatic carbocycles. The fourth-order valence-electron chi connectivity index (χ4n) is 2.20. The maximum atomic E-state index is 12.2. The zero-order chi connectivity index (χ0) is 17.5. The van der Waals surface area contributed by atoms with E-state index in [9.17, 15) is 14.7 Å². The number of amides is 2. The van der Waals surface area contributed by atoms with Crippen molar-refractivity contribution < 1.29 is 14.7 Å². The van der Waals surface area contributed by atoms with Crippen molar-refractivity contribution in [2.75, 3.05) is 13.6 Å². The van der Waals surface area contributed by atoms with Crippen LogP contribution in [0.25, 0.3) is 0 Å². The fourth-order valence-corrected chi connectivity index (χ4v) is 2.20. The molecule has 2 aromatic rings.